The van der Waals surface area contributed by atoms with Gasteiger partial charge in [-0.3, -0.25) is 10.1 Å². The Morgan fingerprint density at radius 3 is 2.00 bits per heavy atom. The van der Waals surface area contributed by atoms with Crippen LogP contribution in [0.3, 0.4) is 0 Å². The van der Waals surface area contributed by atoms with E-state index in [0.29, 0.717) is 11.4 Å². The van der Waals surface area contributed by atoms with Gasteiger partial charge < -0.3 is 5.11 Å². The van der Waals surface area contributed by atoms with Gasteiger partial charge in [0, 0.05) is 12.1 Å². The lowest BCUT2D eigenvalue weighted by molar-refractivity contribution is -0.384. The number of halogens is 2. The molecule has 0 fully saturated rings. The summed E-state index contributed by atoms with van der Waals surface area (Å²) in [5.74, 6) is -0.220. The largest absolute Gasteiger partial charge is 0.505 e. The maximum atomic E-state index is 10.5. The van der Waals surface area contributed by atoms with Crippen molar-refractivity contribution in [3.8, 4) is 5.75 Å². The van der Waals surface area contributed by atoms with Crippen molar-refractivity contribution in [3.05, 3.63) is 56.6 Å². The van der Waals surface area contributed by atoms with Crippen molar-refractivity contribution in [2.75, 3.05) is 0 Å². The fourth-order valence-corrected chi connectivity index (χ4v) is 1.84. The van der Waals surface area contributed by atoms with Crippen LogP contribution in [0.5, 0.6) is 5.75 Å². The van der Waals surface area contributed by atoms with Gasteiger partial charge in [-0.15, -0.1) is 0 Å². The lowest BCUT2D eigenvalue weighted by Gasteiger charge is -2.00. The van der Waals surface area contributed by atoms with Gasteiger partial charge in [0.25, 0.3) is 5.69 Å². The minimum absolute atomic E-state index is 0.0281. The number of phenolic OH excluding ortho intramolecular Hbond substituents is 1. The Balaban J connectivity index is 2.23. The summed E-state index contributed by atoms with van der Waals surface area (Å²) in [4.78, 5) is 10.00. The predicted octanol–water partition coefficient (Wildman–Crippen LogP) is 5.02. The molecule has 0 aliphatic carbocycles. The zero-order valence-electron chi connectivity index (χ0n) is 9.83. The van der Waals surface area contributed by atoms with E-state index in [0.717, 1.165) is 0 Å². The molecule has 2 aromatic carbocycles. The van der Waals surface area contributed by atoms with Gasteiger partial charge in [0.2, 0.25) is 0 Å². The first-order valence-corrected chi connectivity index (χ1v) is 6.07. The second-order valence-electron chi connectivity index (χ2n) is 3.73. The van der Waals surface area contributed by atoms with Gasteiger partial charge in [-0.05, 0) is 24.3 Å². The first-order chi connectivity index (χ1) is 9.47. The SMILES string of the molecule is O=[N+]([O-])c1ccc(/N=N/c2cc(Cl)c(O)c(Cl)c2)cc1. The molecule has 0 unspecified atom stereocenters. The van der Waals surface area contributed by atoms with Gasteiger partial charge in [-0.2, -0.15) is 10.2 Å². The normalized spacial score (nSPS) is 10.9. The minimum Gasteiger partial charge on any atom is -0.505 e. The average Bonchev–Trinajstić information content (AvgIpc) is 2.42. The first kappa shape index (κ1) is 14.2. The van der Waals surface area contributed by atoms with Crippen LogP contribution in [-0.2, 0) is 0 Å². The van der Waals surface area contributed by atoms with Crippen molar-refractivity contribution >= 4 is 40.3 Å². The molecule has 0 bridgehead atoms. The fraction of sp³-hybridized carbons (Fsp3) is 0. The van der Waals surface area contributed by atoms with Crippen molar-refractivity contribution in [1.29, 1.82) is 0 Å². The highest BCUT2D eigenvalue weighted by Gasteiger charge is 2.06. The highest BCUT2D eigenvalue weighted by molar-refractivity contribution is 6.37. The topological polar surface area (TPSA) is 88.1 Å². The Hall–Kier alpha value is -2.18. The van der Waals surface area contributed by atoms with Crippen molar-refractivity contribution in [3.63, 3.8) is 0 Å². The molecule has 0 spiro atoms. The molecule has 0 amide bonds. The van der Waals surface area contributed by atoms with Crippen LogP contribution in [0.1, 0.15) is 0 Å². The van der Waals surface area contributed by atoms with E-state index in [1.165, 1.54) is 36.4 Å². The molecule has 2 rings (SSSR count). The molecule has 1 N–H and O–H groups in total. The molecule has 0 heterocycles. The molecule has 0 aromatic heterocycles. The standard InChI is InChI=1S/C12H7Cl2N3O3/c13-10-5-8(6-11(14)12(10)18)16-15-7-1-3-9(4-2-7)17(19)20/h1-6,18H/b16-15+. The maximum absolute atomic E-state index is 10.5. The molecule has 0 radical (unpaired) electrons. The monoisotopic (exact) mass is 311 g/mol. The molecule has 0 aliphatic rings. The van der Waals surface area contributed by atoms with E-state index in [1.54, 1.807) is 0 Å². The molecule has 102 valence electrons. The summed E-state index contributed by atoms with van der Waals surface area (Å²) in [7, 11) is 0. The smallest absolute Gasteiger partial charge is 0.269 e. The van der Waals surface area contributed by atoms with E-state index in [2.05, 4.69) is 10.2 Å². The molecule has 0 saturated heterocycles. The number of hydrogen-bond donors (Lipinski definition) is 1. The van der Waals surface area contributed by atoms with E-state index in [9.17, 15) is 15.2 Å². The molecule has 6 nitrogen and oxygen atoms in total. The highest BCUT2D eigenvalue weighted by atomic mass is 35.5. The van der Waals surface area contributed by atoms with Gasteiger partial charge in [0.05, 0.1) is 26.3 Å². The van der Waals surface area contributed by atoms with Gasteiger partial charge in [0.15, 0.2) is 5.75 Å². The van der Waals surface area contributed by atoms with Crippen LogP contribution in [0.25, 0.3) is 0 Å². The van der Waals surface area contributed by atoms with E-state index < -0.39 is 4.92 Å². The Bertz CT molecular complexity index is 664. The number of nitrogens with zero attached hydrogens (tertiary/aromatic N) is 3. The van der Waals surface area contributed by atoms with Crippen LogP contribution in [0, 0.1) is 10.1 Å². The summed E-state index contributed by atoms with van der Waals surface area (Å²) < 4.78 is 0. The fourth-order valence-electron chi connectivity index (χ4n) is 1.37. The second kappa shape index (κ2) is 5.85. The number of benzene rings is 2. The molecule has 0 atom stereocenters. The van der Waals surface area contributed by atoms with Crippen LogP contribution < -0.4 is 0 Å². The first-order valence-electron chi connectivity index (χ1n) is 5.31. The number of hydrogen-bond acceptors (Lipinski definition) is 5. The van der Waals surface area contributed by atoms with Gasteiger partial charge in [0.1, 0.15) is 0 Å². The van der Waals surface area contributed by atoms with Crippen molar-refractivity contribution < 1.29 is 10.0 Å². The summed E-state index contributed by atoms with van der Waals surface area (Å²) in [5, 5.41) is 27.8. The summed E-state index contributed by atoms with van der Waals surface area (Å²) in [6, 6.07) is 8.38. The van der Waals surface area contributed by atoms with Crippen LogP contribution >= 0.6 is 23.2 Å². The van der Waals surface area contributed by atoms with Crippen LogP contribution in [0.2, 0.25) is 10.0 Å². The number of rotatable bonds is 3. The number of nitro groups is 1. The molecular weight excluding hydrogens is 305 g/mol. The Kier molecular flexibility index (Phi) is 4.16. The second-order valence-corrected chi connectivity index (χ2v) is 4.55. The quantitative estimate of drug-likeness (QED) is 0.490. The van der Waals surface area contributed by atoms with E-state index in [1.807, 2.05) is 0 Å². The lowest BCUT2D eigenvalue weighted by atomic mass is 10.3. The van der Waals surface area contributed by atoms with Crippen molar-refractivity contribution in [1.82, 2.24) is 0 Å². The lowest BCUT2D eigenvalue weighted by Crippen LogP contribution is -1.85. The summed E-state index contributed by atoms with van der Waals surface area (Å²) in [5.41, 5.74) is 0.770. The maximum Gasteiger partial charge on any atom is 0.269 e. The zero-order valence-corrected chi connectivity index (χ0v) is 11.3. The Morgan fingerprint density at radius 2 is 1.50 bits per heavy atom. The van der Waals surface area contributed by atoms with E-state index in [4.69, 9.17) is 23.2 Å². The number of phenols is 1. The predicted molar refractivity (Wildman–Crippen MR) is 75.4 cm³/mol. The minimum atomic E-state index is -0.500. The summed E-state index contributed by atoms with van der Waals surface area (Å²) in [6.07, 6.45) is 0. The molecule has 2 aromatic rings. The molecule has 0 aliphatic heterocycles. The van der Waals surface area contributed by atoms with Crippen molar-refractivity contribution in [2.24, 2.45) is 10.2 Å². The van der Waals surface area contributed by atoms with Crippen LogP contribution in [0.4, 0.5) is 17.1 Å². The molecule has 0 saturated carbocycles. The third kappa shape index (κ3) is 3.23. The molecule has 8 heteroatoms. The Morgan fingerprint density at radius 1 is 1.00 bits per heavy atom. The van der Waals surface area contributed by atoms with Gasteiger partial charge >= 0.3 is 0 Å². The molecular formula is C12H7Cl2N3O3. The number of non-ortho nitro benzene ring substituents is 1. The number of aromatic hydroxyl groups is 1. The summed E-state index contributed by atoms with van der Waals surface area (Å²) >= 11 is 11.5. The number of nitro benzene ring substituents is 1. The zero-order chi connectivity index (χ0) is 14.7. The van der Waals surface area contributed by atoms with Crippen molar-refractivity contribution in [2.45, 2.75) is 0 Å². The highest BCUT2D eigenvalue weighted by Crippen LogP contribution is 2.36. The average molecular weight is 312 g/mol. The van der Waals surface area contributed by atoms with Gasteiger partial charge in [-0.25, -0.2) is 0 Å². The van der Waals surface area contributed by atoms with Crippen LogP contribution in [-0.4, -0.2) is 10.0 Å². The Labute approximate surface area is 123 Å². The van der Waals surface area contributed by atoms with Crippen LogP contribution in [0.15, 0.2) is 46.6 Å². The third-order valence-corrected chi connectivity index (χ3v) is 2.92. The van der Waals surface area contributed by atoms with E-state index in [-0.39, 0.29) is 21.5 Å². The third-order valence-electron chi connectivity index (χ3n) is 2.34. The number of azo groups is 1. The van der Waals surface area contributed by atoms with Gasteiger partial charge in [-0.1, -0.05) is 23.2 Å². The van der Waals surface area contributed by atoms with E-state index >= 15 is 0 Å². The summed E-state index contributed by atoms with van der Waals surface area (Å²) in [6.45, 7) is 0. The molecule has 20 heavy (non-hydrogen) atoms.